The third-order valence-corrected chi connectivity index (χ3v) is 8.79. The Morgan fingerprint density at radius 3 is 2.72 bits per heavy atom. The highest BCUT2D eigenvalue weighted by Gasteiger charge is 2.28. The molecule has 4 heterocycles. The monoisotopic (exact) mass is 514 g/mol. The summed E-state index contributed by atoms with van der Waals surface area (Å²) in [5.41, 5.74) is 3.18. The first-order valence-corrected chi connectivity index (χ1v) is 14.0. The Kier molecular flexibility index (Phi) is 7.42. The lowest BCUT2D eigenvalue weighted by Crippen LogP contribution is -2.42. The van der Waals surface area contributed by atoms with Crippen LogP contribution in [0.1, 0.15) is 31.2 Å². The van der Waals surface area contributed by atoms with E-state index in [2.05, 4.69) is 20.6 Å². The summed E-state index contributed by atoms with van der Waals surface area (Å²) in [7, 11) is -3.21. The van der Waals surface area contributed by atoms with Crippen LogP contribution in [0, 0.1) is 5.82 Å². The SMILES string of the molecule is CCS(=O)(=O)N1CCC(c2ccc(-c3cc4nccnc4c(NCC4CNCCO4)n3)cc2F)CC1. The van der Waals surface area contributed by atoms with E-state index in [4.69, 9.17) is 9.72 Å². The van der Waals surface area contributed by atoms with Crippen LogP contribution in [0.5, 0.6) is 0 Å². The van der Waals surface area contributed by atoms with Gasteiger partial charge >= 0.3 is 0 Å². The molecule has 2 aliphatic heterocycles. The molecular formula is C25H31FN6O3S. The molecule has 11 heteroatoms. The number of hydrogen-bond donors (Lipinski definition) is 2. The second-order valence-corrected chi connectivity index (χ2v) is 11.4. The van der Waals surface area contributed by atoms with Crippen LogP contribution in [0.25, 0.3) is 22.3 Å². The number of nitrogens with zero attached hydrogens (tertiary/aromatic N) is 4. The Morgan fingerprint density at radius 1 is 1.19 bits per heavy atom. The minimum Gasteiger partial charge on any atom is -0.374 e. The molecule has 2 aliphatic rings. The van der Waals surface area contributed by atoms with Crippen molar-refractivity contribution in [2.45, 2.75) is 31.8 Å². The van der Waals surface area contributed by atoms with Gasteiger partial charge in [-0.2, -0.15) is 0 Å². The fourth-order valence-electron chi connectivity index (χ4n) is 4.85. The number of piperidine rings is 1. The van der Waals surface area contributed by atoms with Gasteiger partial charge in [0.1, 0.15) is 11.3 Å². The quantitative estimate of drug-likeness (QED) is 0.496. The maximum Gasteiger partial charge on any atom is 0.213 e. The van der Waals surface area contributed by atoms with Gasteiger partial charge in [-0.05, 0) is 43.4 Å². The molecular weight excluding hydrogens is 483 g/mol. The Labute approximate surface area is 210 Å². The summed E-state index contributed by atoms with van der Waals surface area (Å²) in [4.78, 5) is 13.6. The van der Waals surface area contributed by atoms with E-state index in [0.717, 1.165) is 13.1 Å². The summed E-state index contributed by atoms with van der Waals surface area (Å²) in [5, 5.41) is 6.65. The van der Waals surface area contributed by atoms with Gasteiger partial charge in [-0.15, -0.1) is 0 Å². The van der Waals surface area contributed by atoms with Crippen LogP contribution in [0.4, 0.5) is 10.2 Å². The van der Waals surface area contributed by atoms with Crippen LogP contribution in [0.2, 0.25) is 0 Å². The van der Waals surface area contributed by atoms with Gasteiger partial charge < -0.3 is 15.4 Å². The van der Waals surface area contributed by atoms with Crippen LogP contribution >= 0.6 is 0 Å². The Bertz CT molecular complexity index is 1320. The van der Waals surface area contributed by atoms with Crippen LogP contribution < -0.4 is 10.6 Å². The lowest BCUT2D eigenvalue weighted by Gasteiger charge is -2.31. The molecule has 1 atom stereocenters. The molecule has 192 valence electrons. The van der Waals surface area contributed by atoms with E-state index < -0.39 is 10.0 Å². The number of ether oxygens (including phenoxy) is 1. The number of aromatic nitrogens is 3. The van der Waals surface area contributed by atoms with E-state index >= 15 is 4.39 Å². The molecule has 36 heavy (non-hydrogen) atoms. The number of anilines is 1. The minimum absolute atomic E-state index is 0.0147. The Hall–Kier alpha value is -2.73. The zero-order valence-corrected chi connectivity index (χ0v) is 21.1. The number of pyridine rings is 1. The summed E-state index contributed by atoms with van der Waals surface area (Å²) in [6, 6.07) is 6.99. The van der Waals surface area contributed by atoms with Crippen molar-refractivity contribution in [3.63, 3.8) is 0 Å². The van der Waals surface area contributed by atoms with E-state index in [9.17, 15) is 8.42 Å². The van der Waals surface area contributed by atoms with Gasteiger partial charge in [-0.3, -0.25) is 4.98 Å². The van der Waals surface area contributed by atoms with Gasteiger partial charge in [0.15, 0.2) is 5.82 Å². The van der Waals surface area contributed by atoms with Crippen molar-refractivity contribution < 1.29 is 17.5 Å². The lowest BCUT2D eigenvalue weighted by atomic mass is 9.89. The fraction of sp³-hybridized carbons (Fsp3) is 0.480. The van der Waals surface area contributed by atoms with Gasteiger partial charge in [0.25, 0.3) is 0 Å². The first-order chi connectivity index (χ1) is 17.4. The maximum atomic E-state index is 15.3. The molecule has 2 aromatic heterocycles. The van der Waals surface area contributed by atoms with Gasteiger partial charge in [0.05, 0.1) is 29.7 Å². The van der Waals surface area contributed by atoms with Crippen molar-refractivity contribution in [1.82, 2.24) is 24.6 Å². The molecule has 0 saturated carbocycles. The predicted molar refractivity (Wildman–Crippen MR) is 137 cm³/mol. The number of sulfonamides is 1. The van der Waals surface area contributed by atoms with Crippen LogP contribution in [0.3, 0.4) is 0 Å². The second-order valence-electron chi connectivity index (χ2n) is 9.17. The van der Waals surface area contributed by atoms with E-state index in [-0.39, 0.29) is 23.6 Å². The standard InChI is InChI=1S/C25H31FN6O3S/c1-2-36(33,34)32-10-5-17(6-11-32)20-4-3-18(13-21(20)26)22-14-23-24(29-8-7-28-23)25(31-22)30-16-19-15-27-9-12-35-19/h3-4,7-8,13-14,17,19,27H,2,5-6,9-12,15-16H2,1H3,(H,30,31). The highest BCUT2D eigenvalue weighted by Crippen LogP contribution is 2.33. The lowest BCUT2D eigenvalue weighted by molar-refractivity contribution is 0.0372. The van der Waals surface area contributed by atoms with Crippen molar-refractivity contribution in [2.24, 2.45) is 0 Å². The minimum atomic E-state index is -3.21. The number of morpholine rings is 1. The fourth-order valence-corrected chi connectivity index (χ4v) is 5.98. The van der Waals surface area contributed by atoms with Crippen molar-refractivity contribution >= 4 is 26.9 Å². The predicted octanol–water partition coefficient (Wildman–Crippen LogP) is 2.76. The number of benzene rings is 1. The normalized spacial score (nSPS) is 20.0. The summed E-state index contributed by atoms with van der Waals surface area (Å²) >= 11 is 0. The van der Waals surface area contributed by atoms with E-state index in [0.29, 0.717) is 72.8 Å². The number of nitrogens with one attached hydrogen (secondary N) is 2. The summed E-state index contributed by atoms with van der Waals surface area (Å²) in [5.74, 6) is 0.352. The first kappa shape index (κ1) is 24.9. The number of fused-ring (bicyclic) bond motifs is 1. The third-order valence-electron chi connectivity index (χ3n) is 6.91. The molecule has 0 spiro atoms. The summed E-state index contributed by atoms with van der Waals surface area (Å²) < 4.78 is 46.9. The van der Waals surface area contributed by atoms with Crippen molar-refractivity contribution in [1.29, 1.82) is 0 Å². The highest BCUT2D eigenvalue weighted by molar-refractivity contribution is 7.89. The van der Waals surface area contributed by atoms with Crippen LogP contribution in [-0.2, 0) is 14.8 Å². The largest absolute Gasteiger partial charge is 0.374 e. The zero-order valence-electron chi connectivity index (χ0n) is 20.3. The number of rotatable bonds is 7. The molecule has 1 aromatic carbocycles. The Morgan fingerprint density at radius 2 is 2.00 bits per heavy atom. The van der Waals surface area contributed by atoms with E-state index in [1.807, 2.05) is 12.1 Å². The average Bonchev–Trinajstić information content (AvgIpc) is 2.92. The molecule has 0 amide bonds. The molecule has 0 aliphatic carbocycles. The number of hydrogen-bond acceptors (Lipinski definition) is 8. The molecule has 2 N–H and O–H groups in total. The van der Waals surface area contributed by atoms with Crippen molar-refractivity contribution in [2.75, 3.05) is 50.4 Å². The Balaban J connectivity index is 1.37. The first-order valence-electron chi connectivity index (χ1n) is 12.4. The molecule has 2 saturated heterocycles. The van der Waals surface area contributed by atoms with Crippen molar-refractivity contribution in [3.05, 3.63) is 48.0 Å². The van der Waals surface area contributed by atoms with Crippen molar-refractivity contribution in [3.8, 4) is 11.3 Å². The molecule has 9 nitrogen and oxygen atoms in total. The van der Waals surface area contributed by atoms with Gasteiger partial charge in [-0.25, -0.2) is 27.1 Å². The summed E-state index contributed by atoms with van der Waals surface area (Å²) in [6.45, 7) is 5.32. The molecule has 2 fully saturated rings. The topological polar surface area (TPSA) is 109 Å². The summed E-state index contributed by atoms with van der Waals surface area (Å²) in [6.07, 6.45) is 4.47. The third kappa shape index (κ3) is 5.34. The highest BCUT2D eigenvalue weighted by atomic mass is 32.2. The molecule has 0 radical (unpaired) electrons. The van der Waals surface area contributed by atoms with Crippen LogP contribution in [-0.4, -0.2) is 78.9 Å². The molecule has 5 rings (SSSR count). The zero-order chi connectivity index (χ0) is 25.1. The van der Waals surface area contributed by atoms with E-state index in [1.54, 1.807) is 25.4 Å². The van der Waals surface area contributed by atoms with Crippen LogP contribution in [0.15, 0.2) is 36.7 Å². The van der Waals surface area contributed by atoms with Gasteiger partial charge in [0, 0.05) is 50.7 Å². The maximum absolute atomic E-state index is 15.3. The molecule has 0 bridgehead atoms. The molecule has 3 aromatic rings. The molecule has 1 unspecified atom stereocenters. The average molecular weight is 515 g/mol. The number of halogens is 1. The second kappa shape index (κ2) is 10.7. The van der Waals surface area contributed by atoms with E-state index in [1.165, 1.54) is 10.4 Å². The van der Waals surface area contributed by atoms with Gasteiger partial charge in [0.2, 0.25) is 10.0 Å². The van der Waals surface area contributed by atoms with Gasteiger partial charge in [-0.1, -0.05) is 12.1 Å². The smallest absolute Gasteiger partial charge is 0.213 e.